The number of alkyl halides is 5. The first-order valence-electron chi connectivity index (χ1n) is 4.14. The zero-order valence-corrected chi connectivity index (χ0v) is 8.28. The van der Waals surface area contributed by atoms with Gasteiger partial charge in [0.05, 0.1) is 0 Å². The van der Waals surface area contributed by atoms with E-state index in [1.54, 1.807) is 0 Å². The van der Waals surface area contributed by atoms with Crippen molar-refractivity contribution in [2.45, 2.75) is 12.2 Å². The molecule has 0 radical (unpaired) electrons. The minimum absolute atomic E-state index is 0.0513. The Kier molecular flexibility index (Phi) is 3.61. The molecule has 0 aromatic heterocycles. The highest BCUT2D eigenvalue weighted by atomic mass is 19.4. The van der Waals surface area contributed by atoms with Gasteiger partial charge in [0.25, 0.3) is 0 Å². The SMILES string of the molecule is Fc1c(F)c(F)c(NC(F)(F)C(F)(F)F)c(F)c1F. The fourth-order valence-corrected chi connectivity index (χ4v) is 0.943. The Labute approximate surface area is 97.4 Å². The lowest BCUT2D eigenvalue weighted by molar-refractivity contribution is -0.268. The monoisotopic (exact) mass is 301 g/mol. The lowest BCUT2D eigenvalue weighted by Crippen LogP contribution is -2.44. The summed E-state index contributed by atoms with van der Waals surface area (Å²) in [4.78, 5) is 0. The molecule has 0 saturated heterocycles. The number of halogens is 10. The third kappa shape index (κ3) is 2.54. The average Bonchev–Trinajstić information content (AvgIpc) is 2.28. The van der Waals surface area contributed by atoms with E-state index in [4.69, 9.17) is 0 Å². The Bertz CT molecular complexity index is 476. The van der Waals surface area contributed by atoms with Crippen molar-refractivity contribution in [1.29, 1.82) is 0 Å². The Morgan fingerprint density at radius 2 is 0.895 bits per heavy atom. The van der Waals surface area contributed by atoms with Crippen molar-refractivity contribution in [2.24, 2.45) is 0 Å². The second-order valence-electron chi connectivity index (χ2n) is 3.14. The van der Waals surface area contributed by atoms with Crippen molar-refractivity contribution in [2.75, 3.05) is 5.32 Å². The topological polar surface area (TPSA) is 12.0 Å². The van der Waals surface area contributed by atoms with Gasteiger partial charge in [-0.15, -0.1) is 0 Å². The minimum Gasteiger partial charge on any atom is -0.314 e. The summed E-state index contributed by atoms with van der Waals surface area (Å²) in [6, 6.07) is -5.88. The molecule has 1 N–H and O–H groups in total. The molecule has 1 aromatic carbocycles. The number of anilines is 1. The van der Waals surface area contributed by atoms with E-state index in [1.807, 2.05) is 0 Å². The fraction of sp³-hybridized carbons (Fsp3) is 0.250. The van der Waals surface area contributed by atoms with E-state index in [0.717, 1.165) is 0 Å². The van der Waals surface area contributed by atoms with Crippen LogP contribution in [-0.4, -0.2) is 12.2 Å². The van der Waals surface area contributed by atoms with Gasteiger partial charge < -0.3 is 5.32 Å². The number of rotatable bonds is 2. The van der Waals surface area contributed by atoms with Gasteiger partial charge in [-0.05, 0) is 0 Å². The largest absolute Gasteiger partial charge is 0.475 e. The Morgan fingerprint density at radius 3 is 1.21 bits per heavy atom. The maximum absolute atomic E-state index is 12.8. The van der Waals surface area contributed by atoms with Crippen LogP contribution >= 0.6 is 0 Å². The first-order chi connectivity index (χ1) is 8.40. The van der Waals surface area contributed by atoms with Crippen molar-refractivity contribution in [3.05, 3.63) is 29.1 Å². The predicted octanol–water partition coefficient (Wildman–Crippen LogP) is 3.95. The quantitative estimate of drug-likeness (QED) is 0.377. The molecule has 1 rings (SSSR count). The number of hydrogen-bond acceptors (Lipinski definition) is 1. The number of nitrogens with one attached hydrogen (secondary N) is 1. The molecule has 0 aliphatic carbocycles. The summed E-state index contributed by atoms with van der Waals surface area (Å²) in [5, 5.41) is -0.0513. The molecule has 1 aromatic rings. The van der Waals surface area contributed by atoms with Crippen LogP contribution in [0.1, 0.15) is 0 Å². The van der Waals surface area contributed by atoms with E-state index in [9.17, 15) is 43.9 Å². The van der Waals surface area contributed by atoms with Crippen LogP contribution in [-0.2, 0) is 0 Å². The van der Waals surface area contributed by atoms with E-state index >= 15 is 0 Å². The Hall–Kier alpha value is -1.68. The average molecular weight is 301 g/mol. The van der Waals surface area contributed by atoms with E-state index in [-0.39, 0.29) is 5.32 Å². The molecular weight excluding hydrogens is 300 g/mol. The van der Waals surface area contributed by atoms with E-state index in [1.165, 1.54) is 0 Å². The second-order valence-corrected chi connectivity index (χ2v) is 3.14. The van der Waals surface area contributed by atoms with E-state index in [0.29, 0.717) is 0 Å². The highest BCUT2D eigenvalue weighted by Crippen LogP contribution is 2.38. The van der Waals surface area contributed by atoms with Gasteiger partial charge in [0.2, 0.25) is 5.82 Å². The van der Waals surface area contributed by atoms with E-state index < -0.39 is 47.0 Å². The van der Waals surface area contributed by atoms with Crippen LogP contribution in [0.5, 0.6) is 0 Å². The fourth-order valence-electron chi connectivity index (χ4n) is 0.943. The molecule has 0 aliphatic rings. The molecule has 11 heteroatoms. The Balaban J connectivity index is 3.39. The molecule has 0 spiro atoms. The summed E-state index contributed by atoms with van der Waals surface area (Å²) >= 11 is 0. The van der Waals surface area contributed by atoms with Gasteiger partial charge in [-0.25, -0.2) is 22.0 Å². The van der Waals surface area contributed by atoms with Crippen LogP contribution in [0, 0.1) is 29.1 Å². The molecule has 108 valence electrons. The van der Waals surface area contributed by atoms with Crippen molar-refractivity contribution in [3.63, 3.8) is 0 Å². The second kappa shape index (κ2) is 4.46. The van der Waals surface area contributed by atoms with Gasteiger partial charge in [0, 0.05) is 0 Å². The van der Waals surface area contributed by atoms with Crippen LogP contribution < -0.4 is 5.32 Å². The molecule has 0 bridgehead atoms. The maximum Gasteiger partial charge on any atom is 0.475 e. The summed E-state index contributed by atoms with van der Waals surface area (Å²) in [5.74, 6) is -13.7. The van der Waals surface area contributed by atoms with Gasteiger partial charge in [-0.2, -0.15) is 22.0 Å². The lowest BCUT2D eigenvalue weighted by atomic mass is 10.2. The zero-order chi connectivity index (χ0) is 15.2. The smallest absolute Gasteiger partial charge is 0.314 e. The summed E-state index contributed by atoms with van der Waals surface area (Å²) in [7, 11) is 0. The molecular formula is C8HF10N. The van der Waals surface area contributed by atoms with Crippen LogP contribution in [0.4, 0.5) is 49.6 Å². The van der Waals surface area contributed by atoms with Crippen LogP contribution in [0.25, 0.3) is 0 Å². The standard InChI is InChI=1S/C8HF10N/c9-1-2(10)4(12)6(5(13)3(1)11)19-8(17,18)7(14,15)16/h19H. The van der Waals surface area contributed by atoms with Gasteiger partial charge in [-0.1, -0.05) is 0 Å². The van der Waals surface area contributed by atoms with Crippen LogP contribution in [0.2, 0.25) is 0 Å². The first-order valence-corrected chi connectivity index (χ1v) is 4.14. The third-order valence-corrected chi connectivity index (χ3v) is 1.85. The summed E-state index contributed by atoms with van der Waals surface area (Å²) in [6.45, 7) is 0. The molecule has 0 fully saturated rings. The van der Waals surface area contributed by atoms with Crippen LogP contribution in [0.3, 0.4) is 0 Å². The highest BCUT2D eigenvalue weighted by molar-refractivity contribution is 5.49. The Morgan fingerprint density at radius 1 is 0.579 bits per heavy atom. The number of hydrogen-bond donors (Lipinski definition) is 1. The van der Waals surface area contributed by atoms with Crippen molar-refractivity contribution in [1.82, 2.24) is 0 Å². The number of benzene rings is 1. The third-order valence-electron chi connectivity index (χ3n) is 1.85. The molecule has 0 unspecified atom stereocenters. The molecule has 0 atom stereocenters. The predicted molar refractivity (Wildman–Crippen MR) is 40.9 cm³/mol. The molecule has 19 heavy (non-hydrogen) atoms. The summed E-state index contributed by atoms with van der Waals surface area (Å²) in [5.41, 5.74) is -2.47. The van der Waals surface area contributed by atoms with Crippen molar-refractivity contribution < 1.29 is 43.9 Å². The first kappa shape index (κ1) is 15.4. The lowest BCUT2D eigenvalue weighted by Gasteiger charge is -2.22. The van der Waals surface area contributed by atoms with Gasteiger partial charge >= 0.3 is 12.2 Å². The van der Waals surface area contributed by atoms with E-state index in [2.05, 4.69) is 0 Å². The summed E-state index contributed by atoms with van der Waals surface area (Å²) in [6.07, 6.45) is -6.30. The minimum atomic E-state index is -6.30. The summed E-state index contributed by atoms with van der Waals surface area (Å²) < 4.78 is 123. The molecule has 0 heterocycles. The van der Waals surface area contributed by atoms with Crippen molar-refractivity contribution in [3.8, 4) is 0 Å². The molecule has 0 aliphatic heterocycles. The van der Waals surface area contributed by atoms with Crippen molar-refractivity contribution >= 4 is 5.69 Å². The van der Waals surface area contributed by atoms with Gasteiger partial charge in [0.1, 0.15) is 5.69 Å². The molecule has 1 nitrogen and oxygen atoms in total. The zero-order valence-electron chi connectivity index (χ0n) is 8.28. The van der Waals surface area contributed by atoms with Crippen LogP contribution in [0.15, 0.2) is 0 Å². The molecule has 0 amide bonds. The molecule has 0 saturated carbocycles. The van der Waals surface area contributed by atoms with Gasteiger partial charge in [-0.3, -0.25) is 0 Å². The van der Waals surface area contributed by atoms with Gasteiger partial charge in [0.15, 0.2) is 23.3 Å². The maximum atomic E-state index is 12.8. The highest BCUT2D eigenvalue weighted by Gasteiger charge is 2.58. The normalized spacial score (nSPS) is 12.7.